The molecule has 1 aromatic carbocycles. The van der Waals surface area contributed by atoms with E-state index in [1.54, 1.807) is 0 Å². The Hall–Kier alpha value is -1.06. The smallest absolute Gasteiger partial charge is 0.122 e. The molecule has 3 N–H and O–H groups in total. The van der Waals surface area contributed by atoms with Crippen LogP contribution in [0.25, 0.3) is 0 Å². The van der Waals surface area contributed by atoms with E-state index < -0.39 is 5.60 Å². The molecule has 0 spiro atoms. The second-order valence-corrected chi connectivity index (χ2v) is 6.04. The molecular formula is C16H23NO2. The summed E-state index contributed by atoms with van der Waals surface area (Å²) in [6.07, 6.45) is 7.17. The van der Waals surface area contributed by atoms with Gasteiger partial charge in [0.05, 0.1) is 5.60 Å². The largest absolute Gasteiger partial charge is 0.490 e. The molecule has 0 saturated heterocycles. The van der Waals surface area contributed by atoms with Gasteiger partial charge in [0.1, 0.15) is 12.4 Å². The Morgan fingerprint density at radius 3 is 2.84 bits per heavy atom. The molecule has 0 amide bonds. The van der Waals surface area contributed by atoms with Gasteiger partial charge in [-0.15, -0.1) is 0 Å². The first-order valence-corrected chi connectivity index (χ1v) is 7.40. The quantitative estimate of drug-likeness (QED) is 0.879. The lowest BCUT2D eigenvalue weighted by molar-refractivity contribution is -0.0340. The maximum atomic E-state index is 10.5. The van der Waals surface area contributed by atoms with Gasteiger partial charge in [0, 0.05) is 6.04 Å². The summed E-state index contributed by atoms with van der Waals surface area (Å²) in [6, 6.07) is 6.25. The summed E-state index contributed by atoms with van der Waals surface area (Å²) in [4.78, 5) is 0. The van der Waals surface area contributed by atoms with Crippen molar-refractivity contribution in [3.63, 3.8) is 0 Å². The lowest BCUT2D eigenvalue weighted by atomic mass is 9.85. The standard InChI is InChI=1S/C16H23NO2/c17-14-8-7-13-12(14)5-4-6-15(13)19-11-16(18)9-2-1-3-10-16/h4-6,14,18H,1-3,7-11,17H2. The molecular weight excluding hydrogens is 238 g/mol. The van der Waals surface area contributed by atoms with E-state index in [0.717, 1.165) is 44.3 Å². The minimum Gasteiger partial charge on any atom is -0.490 e. The van der Waals surface area contributed by atoms with Crippen molar-refractivity contribution in [2.45, 2.75) is 56.6 Å². The van der Waals surface area contributed by atoms with Crippen LogP contribution in [-0.2, 0) is 6.42 Å². The molecule has 3 nitrogen and oxygen atoms in total. The zero-order valence-electron chi connectivity index (χ0n) is 11.4. The SMILES string of the molecule is NC1CCc2c(OCC3(O)CCCCC3)cccc21. The third-order valence-electron chi connectivity index (χ3n) is 4.55. The van der Waals surface area contributed by atoms with Crippen LogP contribution >= 0.6 is 0 Å². The van der Waals surface area contributed by atoms with Gasteiger partial charge < -0.3 is 15.6 Å². The molecule has 1 atom stereocenters. The number of hydrogen-bond donors (Lipinski definition) is 2. The van der Waals surface area contributed by atoms with Gasteiger partial charge in [-0.25, -0.2) is 0 Å². The number of nitrogens with two attached hydrogens (primary N) is 1. The number of rotatable bonds is 3. The molecule has 0 radical (unpaired) electrons. The second-order valence-electron chi connectivity index (χ2n) is 6.04. The van der Waals surface area contributed by atoms with Crippen LogP contribution in [0, 0.1) is 0 Å². The predicted octanol–water partition coefficient (Wildman–Crippen LogP) is 2.71. The van der Waals surface area contributed by atoms with Crippen molar-refractivity contribution in [1.29, 1.82) is 0 Å². The van der Waals surface area contributed by atoms with E-state index in [-0.39, 0.29) is 6.04 Å². The average molecular weight is 261 g/mol. The highest BCUT2D eigenvalue weighted by atomic mass is 16.5. The van der Waals surface area contributed by atoms with Crippen LogP contribution < -0.4 is 10.5 Å². The molecule has 0 aromatic heterocycles. The van der Waals surface area contributed by atoms with Gasteiger partial charge in [0.25, 0.3) is 0 Å². The number of aliphatic hydroxyl groups is 1. The fourth-order valence-electron chi connectivity index (χ4n) is 3.35. The summed E-state index contributed by atoms with van der Waals surface area (Å²) >= 11 is 0. The number of ether oxygens (including phenoxy) is 1. The highest BCUT2D eigenvalue weighted by Gasteiger charge is 2.31. The molecule has 0 bridgehead atoms. The fraction of sp³-hybridized carbons (Fsp3) is 0.625. The van der Waals surface area contributed by atoms with E-state index in [4.69, 9.17) is 10.5 Å². The van der Waals surface area contributed by atoms with E-state index in [9.17, 15) is 5.11 Å². The Kier molecular flexibility index (Phi) is 3.50. The lowest BCUT2D eigenvalue weighted by Crippen LogP contribution is -2.38. The van der Waals surface area contributed by atoms with Crippen LogP contribution in [0.2, 0.25) is 0 Å². The minimum absolute atomic E-state index is 0.149. The highest BCUT2D eigenvalue weighted by Crippen LogP contribution is 2.36. The van der Waals surface area contributed by atoms with E-state index in [2.05, 4.69) is 6.07 Å². The van der Waals surface area contributed by atoms with E-state index >= 15 is 0 Å². The Morgan fingerprint density at radius 2 is 2.05 bits per heavy atom. The third kappa shape index (κ3) is 2.63. The van der Waals surface area contributed by atoms with Crippen LogP contribution in [0.5, 0.6) is 5.75 Å². The first kappa shape index (κ1) is 12.9. The van der Waals surface area contributed by atoms with Gasteiger partial charge in [-0.1, -0.05) is 31.4 Å². The Labute approximate surface area is 114 Å². The van der Waals surface area contributed by atoms with Crippen LogP contribution in [0.1, 0.15) is 55.7 Å². The van der Waals surface area contributed by atoms with Crippen molar-refractivity contribution >= 4 is 0 Å². The summed E-state index contributed by atoms with van der Waals surface area (Å²) in [5, 5.41) is 10.5. The maximum Gasteiger partial charge on any atom is 0.122 e. The number of benzene rings is 1. The summed E-state index contributed by atoms with van der Waals surface area (Å²) in [5.74, 6) is 0.921. The maximum absolute atomic E-state index is 10.5. The Morgan fingerprint density at radius 1 is 1.26 bits per heavy atom. The summed E-state index contributed by atoms with van der Waals surface area (Å²) in [7, 11) is 0. The van der Waals surface area contributed by atoms with Crippen LogP contribution in [0.15, 0.2) is 18.2 Å². The average Bonchev–Trinajstić information content (AvgIpc) is 2.80. The van der Waals surface area contributed by atoms with Crippen molar-refractivity contribution in [3.8, 4) is 5.75 Å². The van der Waals surface area contributed by atoms with Gasteiger partial charge in [-0.3, -0.25) is 0 Å². The van der Waals surface area contributed by atoms with E-state index in [1.807, 2.05) is 12.1 Å². The number of hydrogen-bond acceptors (Lipinski definition) is 3. The topological polar surface area (TPSA) is 55.5 Å². The molecule has 0 heterocycles. The second kappa shape index (κ2) is 5.14. The van der Waals surface area contributed by atoms with Gasteiger partial charge >= 0.3 is 0 Å². The first-order chi connectivity index (χ1) is 9.18. The molecule has 1 saturated carbocycles. The van der Waals surface area contributed by atoms with Gasteiger partial charge in [0.2, 0.25) is 0 Å². The molecule has 2 aliphatic carbocycles. The predicted molar refractivity (Wildman–Crippen MR) is 75.2 cm³/mol. The van der Waals surface area contributed by atoms with Crippen molar-refractivity contribution in [2.24, 2.45) is 5.73 Å². The lowest BCUT2D eigenvalue weighted by Gasteiger charge is -2.32. The van der Waals surface area contributed by atoms with Crippen molar-refractivity contribution in [2.75, 3.05) is 6.61 Å². The third-order valence-corrected chi connectivity index (χ3v) is 4.55. The van der Waals surface area contributed by atoms with Crippen molar-refractivity contribution in [1.82, 2.24) is 0 Å². The molecule has 3 rings (SSSR count). The summed E-state index contributed by atoms with van der Waals surface area (Å²) in [5.41, 5.74) is 7.91. The minimum atomic E-state index is -0.623. The molecule has 0 aliphatic heterocycles. The van der Waals surface area contributed by atoms with Gasteiger partial charge in [0.15, 0.2) is 0 Å². The van der Waals surface area contributed by atoms with E-state index in [0.29, 0.717) is 6.61 Å². The van der Waals surface area contributed by atoms with Crippen LogP contribution in [-0.4, -0.2) is 17.3 Å². The van der Waals surface area contributed by atoms with Crippen LogP contribution in [0.3, 0.4) is 0 Å². The first-order valence-electron chi connectivity index (χ1n) is 7.40. The molecule has 2 aliphatic rings. The van der Waals surface area contributed by atoms with Crippen molar-refractivity contribution in [3.05, 3.63) is 29.3 Å². The van der Waals surface area contributed by atoms with Gasteiger partial charge in [-0.2, -0.15) is 0 Å². The zero-order chi connectivity index (χ0) is 13.3. The van der Waals surface area contributed by atoms with Gasteiger partial charge in [-0.05, 0) is 42.9 Å². The van der Waals surface area contributed by atoms with E-state index in [1.165, 1.54) is 17.5 Å². The summed E-state index contributed by atoms with van der Waals surface area (Å²) in [6.45, 7) is 0.415. The molecule has 1 unspecified atom stereocenters. The Balaban J connectivity index is 1.71. The molecule has 104 valence electrons. The fourth-order valence-corrected chi connectivity index (χ4v) is 3.35. The Bertz CT molecular complexity index is 452. The summed E-state index contributed by atoms with van der Waals surface area (Å²) < 4.78 is 5.93. The highest BCUT2D eigenvalue weighted by molar-refractivity contribution is 5.44. The van der Waals surface area contributed by atoms with Crippen LogP contribution in [0.4, 0.5) is 0 Å². The normalized spacial score (nSPS) is 25.1. The van der Waals surface area contributed by atoms with Crippen molar-refractivity contribution < 1.29 is 9.84 Å². The monoisotopic (exact) mass is 261 g/mol. The number of fused-ring (bicyclic) bond motifs is 1. The zero-order valence-corrected chi connectivity index (χ0v) is 11.4. The molecule has 19 heavy (non-hydrogen) atoms. The molecule has 1 fully saturated rings. The molecule has 3 heteroatoms. The molecule has 1 aromatic rings.